The summed E-state index contributed by atoms with van der Waals surface area (Å²) in [5, 5.41) is 6.96. The van der Waals surface area contributed by atoms with Crippen molar-refractivity contribution in [3.05, 3.63) is 45.4 Å². The number of hydrogen-bond donors (Lipinski definition) is 2. The highest BCUT2D eigenvalue weighted by atomic mass is 35.5. The number of nitrogens with zero attached hydrogens (tertiary/aromatic N) is 2. The summed E-state index contributed by atoms with van der Waals surface area (Å²) in [5.41, 5.74) is 1.66. The van der Waals surface area contributed by atoms with Gasteiger partial charge in [0.05, 0.1) is 5.69 Å². The topological polar surface area (TPSA) is 74.3 Å². The predicted molar refractivity (Wildman–Crippen MR) is 108 cm³/mol. The van der Waals surface area contributed by atoms with Crippen LogP contribution in [-0.4, -0.2) is 41.3 Å². The Labute approximate surface area is 167 Å². The monoisotopic (exact) mass is 406 g/mol. The standard InChI is InChI=1S/C19H23ClN4O2S/c1-2-24-11-9-15-16(12-24)27-19(22-15)23-17(25)4-3-10-21-18(26)13-5-7-14(20)8-6-13/h5-8H,2-4,9-12H2,1H3,(H,21,26)(H,22,23,25). The molecule has 2 heterocycles. The summed E-state index contributed by atoms with van der Waals surface area (Å²) in [6.45, 7) is 5.56. The lowest BCUT2D eigenvalue weighted by Crippen LogP contribution is -2.29. The molecule has 0 bridgehead atoms. The van der Waals surface area contributed by atoms with E-state index in [-0.39, 0.29) is 11.8 Å². The van der Waals surface area contributed by atoms with Crippen molar-refractivity contribution < 1.29 is 9.59 Å². The van der Waals surface area contributed by atoms with E-state index in [4.69, 9.17) is 11.6 Å². The Hall–Kier alpha value is -1.96. The molecule has 0 saturated carbocycles. The fourth-order valence-corrected chi connectivity index (χ4v) is 4.10. The summed E-state index contributed by atoms with van der Waals surface area (Å²) in [5.74, 6) is -0.241. The SMILES string of the molecule is CCN1CCc2nc(NC(=O)CCCNC(=O)c3ccc(Cl)cc3)sc2C1. The first-order chi connectivity index (χ1) is 13.0. The van der Waals surface area contributed by atoms with E-state index in [0.29, 0.717) is 35.1 Å². The van der Waals surface area contributed by atoms with Crippen LogP contribution >= 0.6 is 22.9 Å². The minimum Gasteiger partial charge on any atom is -0.352 e. The van der Waals surface area contributed by atoms with Crippen molar-refractivity contribution in [2.45, 2.75) is 32.7 Å². The van der Waals surface area contributed by atoms with Crippen molar-refractivity contribution in [2.24, 2.45) is 0 Å². The van der Waals surface area contributed by atoms with Gasteiger partial charge in [-0.3, -0.25) is 14.5 Å². The van der Waals surface area contributed by atoms with E-state index >= 15 is 0 Å². The number of nitrogens with one attached hydrogen (secondary N) is 2. The summed E-state index contributed by atoms with van der Waals surface area (Å²) < 4.78 is 0. The Morgan fingerprint density at radius 1 is 1.30 bits per heavy atom. The van der Waals surface area contributed by atoms with Gasteiger partial charge in [0.25, 0.3) is 5.91 Å². The second-order valence-electron chi connectivity index (χ2n) is 6.42. The third kappa shape index (κ3) is 5.51. The number of thiazole rings is 1. The molecule has 2 amide bonds. The molecule has 8 heteroatoms. The van der Waals surface area contributed by atoms with E-state index in [0.717, 1.165) is 31.7 Å². The fraction of sp³-hybridized carbons (Fsp3) is 0.421. The van der Waals surface area contributed by atoms with Crippen LogP contribution < -0.4 is 10.6 Å². The Morgan fingerprint density at radius 2 is 2.07 bits per heavy atom. The second kappa shape index (κ2) is 9.30. The van der Waals surface area contributed by atoms with Crippen molar-refractivity contribution >= 4 is 39.9 Å². The molecule has 6 nitrogen and oxygen atoms in total. The van der Waals surface area contributed by atoms with E-state index in [2.05, 4.69) is 27.4 Å². The molecule has 0 radical (unpaired) electrons. The number of rotatable bonds is 7. The molecule has 0 spiro atoms. The molecule has 0 fully saturated rings. The largest absolute Gasteiger partial charge is 0.352 e. The highest BCUT2D eigenvalue weighted by Crippen LogP contribution is 2.28. The average molecular weight is 407 g/mol. The van der Waals surface area contributed by atoms with Crippen LogP contribution in [0.5, 0.6) is 0 Å². The highest BCUT2D eigenvalue weighted by molar-refractivity contribution is 7.15. The molecule has 1 aromatic heterocycles. The number of hydrogen-bond acceptors (Lipinski definition) is 5. The number of carbonyl (C=O) groups excluding carboxylic acids is 2. The zero-order chi connectivity index (χ0) is 19.2. The first-order valence-electron chi connectivity index (χ1n) is 9.09. The Kier molecular flexibility index (Phi) is 6.82. The lowest BCUT2D eigenvalue weighted by molar-refractivity contribution is -0.116. The molecule has 27 heavy (non-hydrogen) atoms. The molecule has 0 unspecified atom stereocenters. The van der Waals surface area contributed by atoms with Gasteiger partial charge >= 0.3 is 0 Å². The van der Waals surface area contributed by atoms with Crippen LogP contribution in [0.3, 0.4) is 0 Å². The summed E-state index contributed by atoms with van der Waals surface area (Å²) >= 11 is 7.37. The quantitative estimate of drug-likeness (QED) is 0.691. The average Bonchev–Trinajstić information content (AvgIpc) is 3.06. The van der Waals surface area contributed by atoms with Gasteiger partial charge in [-0.05, 0) is 37.2 Å². The number of halogens is 1. The summed E-state index contributed by atoms with van der Waals surface area (Å²) in [6, 6.07) is 6.71. The van der Waals surface area contributed by atoms with E-state index in [1.807, 2.05) is 0 Å². The first-order valence-corrected chi connectivity index (χ1v) is 10.3. The fourth-order valence-electron chi connectivity index (χ4n) is 2.91. The van der Waals surface area contributed by atoms with Gasteiger partial charge in [-0.1, -0.05) is 18.5 Å². The number of anilines is 1. The molecule has 0 saturated heterocycles. The summed E-state index contributed by atoms with van der Waals surface area (Å²) in [7, 11) is 0. The third-order valence-electron chi connectivity index (χ3n) is 4.48. The van der Waals surface area contributed by atoms with Crippen LogP contribution in [0.15, 0.2) is 24.3 Å². The Balaban J connectivity index is 1.39. The Bertz CT molecular complexity index is 807. The van der Waals surface area contributed by atoms with Gasteiger partial charge < -0.3 is 10.6 Å². The summed E-state index contributed by atoms with van der Waals surface area (Å²) in [4.78, 5) is 32.3. The van der Waals surface area contributed by atoms with Crippen molar-refractivity contribution in [3.8, 4) is 0 Å². The second-order valence-corrected chi connectivity index (χ2v) is 7.94. The lowest BCUT2D eigenvalue weighted by atomic mass is 10.2. The van der Waals surface area contributed by atoms with Crippen LogP contribution in [0.2, 0.25) is 5.02 Å². The normalized spacial score (nSPS) is 13.9. The van der Waals surface area contributed by atoms with E-state index in [1.54, 1.807) is 35.6 Å². The van der Waals surface area contributed by atoms with Crippen LogP contribution in [0, 0.1) is 0 Å². The van der Waals surface area contributed by atoms with Gasteiger partial charge in [0.1, 0.15) is 0 Å². The maximum absolute atomic E-state index is 12.1. The zero-order valence-electron chi connectivity index (χ0n) is 15.3. The first kappa shape index (κ1) is 19.8. The minimum atomic E-state index is -0.167. The minimum absolute atomic E-state index is 0.0748. The molecule has 3 rings (SSSR count). The van der Waals surface area contributed by atoms with Crippen LogP contribution in [-0.2, 0) is 17.8 Å². The molecule has 0 atom stereocenters. The maximum Gasteiger partial charge on any atom is 0.251 e. The van der Waals surface area contributed by atoms with Gasteiger partial charge in [-0.25, -0.2) is 4.98 Å². The van der Waals surface area contributed by atoms with Crippen LogP contribution in [0.1, 0.15) is 40.7 Å². The molecule has 1 aliphatic heterocycles. The van der Waals surface area contributed by atoms with Crippen molar-refractivity contribution in [2.75, 3.05) is 25.0 Å². The number of carbonyl (C=O) groups is 2. The van der Waals surface area contributed by atoms with Gasteiger partial charge in [-0.2, -0.15) is 0 Å². The van der Waals surface area contributed by atoms with E-state index in [1.165, 1.54) is 4.88 Å². The van der Waals surface area contributed by atoms with Crippen LogP contribution in [0.4, 0.5) is 5.13 Å². The smallest absolute Gasteiger partial charge is 0.251 e. The number of amides is 2. The molecule has 1 aromatic carbocycles. The van der Waals surface area contributed by atoms with E-state index in [9.17, 15) is 9.59 Å². The van der Waals surface area contributed by atoms with Gasteiger partial charge in [0.15, 0.2) is 5.13 Å². The molecular weight excluding hydrogens is 384 g/mol. The predicted octanol–water partition coefficient (Wildman–Crippen LogP) is 3.32. The number of aromatic nitrogens is 1. The van der Waals surface area contributed by atoms with Crippen molar-refractivity contribution in [1.82, 2.24) is 15.2 Å². The molecule has 0 aliphatic carbocycles. The number of fused-ring (bicyclic) bond motifs is 1. The third-order valence-corrected chi connectivity index (χ3v) is 5.73. The van der Waals surface area contributed by atoms with E-state index < -0.39 is 0 Å². The Morgan fingerprint density at radius 3 is 2.81 bits per heavy atom. The zero-order valence-corrected chi connectivity index (χ0v) is 16.8. The molecule has 144 valence electrons. The van der Waals surface area contributed by atoms with Crippen molar-refractivity contribution in [3.63, 3.8) is 0 Å². The lowest BCUT2D eigenvalue weighted by Gasteiger charge is -2.23. The molecule has 2 N–H and O–H groups in total. The van der Waals surface area contributed by atoms with Gasteiger partial charge in [0.2, 0.25) is 5.91 Å². The molecular formula is C19H23ClN4O2S. The van der Waals surface area contributed by atoms with Gasteiger partial charge in [-0.15, -0.1) is 11.3 Å². The maximum atomic E-state index is 12.1. The van der Waals surface area contributed by atoms with Crippen LogP contribution in [0.25, 0.3) is 0 Å². The van der Waals surface area contributed by atoms with Crippen molar-refractivity contribution in [1.29, 1.82) is 0 Å². The highest BCUT2D eigenvalue weighted by Gasteiger charge is 2.20. The molecule has 2 aromatic rings. The summed E-state index contributed by atoms with van der Waals surface area (Å²) in [6.07, 6.45) is 1.85. The molecule has 1 aliphatic rings. The number of likely N-dealkylation sites (N-methyl/N-ethyl adjacent to an activating group) is 1. The number of benzene rings is 1. The van der Waals surface area contributed by atoms with Gasteiger partial charge in [0, 0.05) is 47.9 Å².